The molecule has 1 saturated heterocycles. The van der Waals surface area contributed by atoms with Crippen molar-refractivity contribution in [1.82, 2.24) is 29.2 Å². The molecule has 1 N–H and O–H groups in total. The summed E-state index contributed by atoms with van der Waals surface area (Å²) in [6.45, 7) is 14.2. The molecule has 45 heavy (non-hydrogen) atoms. The minimum absolute atomic E-state index is 0.214. The first kappa shape index (κ1) is 31.7. The summed E-state index contributed by atoms with van der Waals surface area (Å²) < 4.78 is 25.1. The summed E-state index contributed by atoms with van der Waals surface area (Å²) in [7, 11) is -2.44. The smallest absolute Gasteiger partial charge is 0.410 e. The van der Waals surface area contributed by atoms with Crippen molar-refractivity contribution in [3.8, 4) is 5.82 Å². The summed E-state index contributed by atoms with van der Waals surface area (Å²) in [5.74, 6) is 0.984. The molecule has 4 heterocycles. The topological polar surface area (TPSA) is 140 Å². The third kappa shape index (κ3) is 7.33. The molecular weight excluding hydrogens is 594 g/mol. The molecule has 0 atom stereocenters. The third-order valence-corrected chi connectivity index (χ3v) is 7.58. The second-order valence-corrected chi connectivity index (χ2v) is 14.7. The number of carbonyl (C=O) groups is 1. The number of aryl methyl sites for hydroxylation is 1. The standard InChI is InChI=1S/C31H39N9O4S/c1-8-14-39-28(41)23-20-32-29(35-27(23)40(39)26-11-9-10-25(34-26)36-45(6,7)43)33-22-12-13-24(21(2)19-22)37-15-17-38(18-16-37)30(42)44-31(3,4)5/h8-13,19-20H,1,14-18H2,2-7H3,(H,32,33,35). The van der Waals surface area contributed by atoms with E-state index in [0.717, 1.165) is 16.9 Å². The lowest BCUT2D eigenvalue weighted by atomic mass is 10.1. The summed E-state index contributed by atoms with van der Waals surface area (Å²) in [4.78, 5) is 43.5. The van der Waals surface area contributed by atoms with E-state index in [4.69, 9.17) is 9.72 Å². The number of carbonyl (C=O) groups excluding carboxylic acids is 1. The van der Waals surface area contributed by atoms with Gasteiger partial charge in [-0.3, -0.25) is 4.79 Å². The minimum atomic E-state index is -2.44. The number of hydrogen-bond donors (Lipinski definition) is 1. The predicted octanol–water partition coefficient (Wildman–Crippen LogP) is 4.63. The van der Waals surface area contributed by atoms with Gasteiger partial charge in [-0.25, -0.2) is 28.3 Å². The number of allylic oxidation sites excluding steroid dienone is 1. The molecule has 0 radical (unpaired) electrons. The maximum Gasteiger partial charge on any atom is 0.410 e. The highest BCUT2D eigenvalue weighted by molar-refractivity contribution is 7.92. The van der Waals surface area contributed by atoms with Gasteiger partial charge in [0.05, 0.1) is 6.54 Å². The first-order valence-corrected chi connectivity index (χ1v) is 16.9. The fourth-order valence-electron chi connectivity index (χ4n) is 5.09. The summed E-state index contributed by atoms with van der Waals surface area (Å²) in [5.41, 5.74) is 2.45. The number of nitrogens with one attached hydrogen (secondary N) is 1. The molecule has 0 unspecified atom stereocenters. The van der Waals surface area contributed by atoms with Crippen LogP contribution in [-0.2, 0) is 21.0 Å². The highest BCUT2D eigenvalue weighted by atomic mass is 32.2. The zero-order valence-corrected chi connectivity index (χ0v) is 27.3. The Morgan fingerprint density at radius 3 is 2.51 bits per heavy atom. The lowest BCUT2D eigenvalue weighted by Crippen LogP contribution is -2.50. The van der Waals surface area contributed by atoms with E-state index in [1.807, 2.05) is 45.9 Å². The Labute approximate surface area is 262 Å². The maximum atomic E-state index is 13.3. The van der Waals surface area contributed by atoms with Crippen molar-refractivity contribution in [2.24, 2.45) is 4.36 Å². The zero-order chi connectivity index (χ0) is 32.5. The van der Waals surface area contributed by atoms with Gasteiger partial charge >= 0.3 is 6.09 Å². The molecule has 0 aliphatic carbocycles. The number of aromatic nitrogens is 5. The van der Waals surface area contributed by atoms with Gasteiger partial charge < -0.3 is 19.9 Å². The first-order valence-electron chi connectivity index (χ1n) is 14.6. The van der Waals surface area contributed by atoms with E-state index in [9.17, 15) is 13.8 Å². The molecule has 14 heteroatoms. The second kappa shape index (κ2) is 12.3. The van der Waals surface area contributed by atoms with Gasteiger partial charge in [0.25, 0.3) is 5.56 Å². The van der Waals surface area contributed by atoms with Crippen LogP contribution in [0.15, 0.2) is 64.4 Å². The molecule has 1 fully saturated rings. The average molecular weight is 634 g/mol. The van der Waals surface area contributed by atoms with Crippen molar-refractivity contribution in [1.29, 1.82) is 0 Å². The van der Waals surface area contributed by atoms with Crippen LogP contribution in [0, 0.1) is 6.92 Å². The number of amides is 1. The van der Waals surface area contributed by atoms with Gasteiger partial charge in [-0.1, -0.05) is 12.1 Å². The van der Waals surface area contributed by atoms with Crippen LogP contribution < -0.4 is 15.8 Å². The largest absolute Gasteiger partial charge is 0.444 e. The van der Waals surface area contributed by atoms with Crippen LogP contribution in [0.2, 0.25) is 0 Å². The number of pyridine rings is 1. The van der Waals surface area contributed by atoms with Crippen LogP contribution in [0.5, 0.6) is 0 Å². The molecule has 13 nitrogen and oxygen atoms in total. The van der Waals surface area contributed by atoms with Crippen LogP contribution in [-0.4, -0.2) is 83.8 Å². The van der Waals surface area contributed by atoms with Crippen LogP contribution in [0.1, 0.15) is 26.3 Å². The van der Waals surface area contributed by atoms with E-state index in [0.29, 0.717) is 49.0 Å². The average Bonchev–Trinajstić information content (AvgIpc) is 3.22. The van der Waals surface area contributed by atoms with E-state index < -0.39 is 15.3 Å². The summed E-state index contributed by atoms with van der Waals surface area (Å²) in [5, 5.41) is 3.58. The fraction of sp³-hybridized carbons (Fsp3) is 0.387. The molecule has 1 aromatic carbocycles. The van der Waals surface area contributed by atoms with Crippen LogP contribution >= 0.6 is 0 Å². The molecule has 1 amide bonds. The van der Waals surface area contributed by atoms with E-state index in [1.165, 1.54) is 23.4 Å². The summed E-state index contributed by atoms with van der Waals surface area (Å²) >= 11 is 0. The summed E-state index contributed by atoms with van der Waals surface area (Å²) in [6, 6.07) is 11.1. The second-order valence-electron chi connectivity index (χ2n) is 12.1. The lowest BCUT2D eigenvalue weighted by Gasteiger charge is -2.37. The quantitative estimate of drug-likeness (QED) is 0.289. The van der Waals surface area contributed by atoms with Gasteiger partial charge in [0.1, 0.15) is 11.0 Å². The zero-order valence-electron chi connectivity index (χ0n) is 26.5. The Balaban J connectivity index is 1.40. The number of hydrogen-bond acceptors (Lipinski definition) is 10. The van der Waals surface area contributed by atoms with Crippen molar-refractivity contribution < 1.29 is 13.7 Å². The van der Waals surface area contributed by atoms with Crippen molar-refractivity contribution in [2.45, 2.75) is 39.8 Å². The summed E-state index contributed by atoms with van der Waals surface area (Å²) in [6.07, 6.45) is 5.89. The molecule has 4 aromatic rings. The molecular formula is C31H39N9O4S. The molecule has 1 aliphatic rings. The van der Waals surface area contributed by atoms with Crippen LogP contribution in [0.3, 0.4) is 0 Å². The molecule has 3 aromatic heterocycles. The van der Waals surface area contributed by atoms with Crippen molar-refractivity contribution in [3.63, 3.8) is 0 Å². The molecule has 0 saturated carbocycles. The number of piperazine rings is 1. The Kier molecular flexibility index (Phi) is 8.70. The predicted molar refractivity (Wildman–Crippen MR) is 178 cm³/mol. The van der Waals surface area contributed by atoms with Crippen molar-refractivity contribution in [3.05, 3.63) is 71.2 Å². The molecule has 5 rings (SSSR count). The normalized spacial score (nSPS) is 14.0. The Morgan fingerprint density at radius 2 is 1.87 bits per heavy atom. The van der Waals surface area contributed by atoms with Gasteiger partial charge in [-0.2, -0.15) is 9.35 Å². The highest BCUT2D eigenvalue weighted by Gasteiger charge is 2.26. The first-order chi connectivity index (χ1) is 21.2. The van der Waals surface area contributed by atoms with E-state index in [2.05, 4.69) is 31.1 Å². The van der Waals surface area contributed by atoms with Gasteiger partial charge in [0.15, 0.2) is 17.3 Å². The van der Waals surface area contributed by atoms with E-state index >= 15 is 0 Å². The van der Waals surface area contributed by atoms with Gasteiger partial charge in [0, 0.05) is 66.0 Å². The number of ether oxygens (including phenoxy) is 1. The van der Waals surface area contributed by atoms with Crippen LogP contribution in [0.4, 0.5) is 27.9 Å². The molecule has 0 bridgehead atoms. The fourth-order valence-corrected chi connectivity index (χ4v) is 5.64. The minimum Gasteiger partial charge on any atom is -0.444 e. The number of rotatable bonds is 7. The van der Waals surface area contributed by atoms with Gasteiger partial charge in [-0.05, 0) is 63.6 Å². The number of fused-ring (bicyclic) bond motifs is 1. The SMILES string of the molecule is C=CCn1c(=O)c2cnc(Nc3ccc(N4CCN(C(=O)OC(C)(C)C)CC4)c(C)c3)nc2n1-c1cccc(N=S(C)(C)=O)n1. The van der Waals surface area contributed by atoms with E-state index in [-0.39, 0.29) is 24.0 Å². The molecule has 238 valence electrons. The van der Waals surface area contributed by atoms with Gasteiger partial charge in [-0.15, -0.1) is 6.58 Å². The monoisotopic (exact) mass is 633 g/mol. The molecule has 0 spiro atoms. The van der Waals surface area contributed by atoms with Gasteiger partial charge in [0.2, 0.25) is 5.95 Å². The highest BCUT2D eigenvalue weighted by Crippen LogP contribution is 2.27. The maximum absolute atomic E-state index is 13.3. The van der Waals surface area contributed by atoms with Crippen molar-refractivity contribution >= 4 is 50.0 Å². The Morgan fingerprint density at radius 1 is 1.13 bits per heavy atom. The lowest BCUT2D eigenvalue weighted by molar-refractivity contribution is 0.0240. The Bertz CT molecular complexity index is 1930. The third-order valence-electron chi connectivity index (χ3n) is 6.95. The number of nitrogens with zero attached hydrogens (tertiary/aromatic N) is 8. The number of anilines is 3. The number of benzene rings is 1. The van der Waals surface area contributed by atoms with Crippen LogP contribution in [0.25, 0.3) is 16.9 Å². The molecule has 1 aliphatic heterocycles. The Hall–Kier alpha value is -4.72. The van der Waals surface area contributed by atoms with Crippen molar-refractivity contribution in [2.75, 3.05) is 48.9 Å². The van der Waals surface area contributed by atoms with E-state index in [1.54, 1.807) is 33.9 Å².